The molecule has 7 aliphatic rings. The van der Waals surface area contributed by atoms with Crippen molar-refractivity contribution in [1.82, 2.24) is 10.2 Å². The Morgan fingerprint density at radius 2 is 1.59 bits per heavy atom. The highest BCUT2D eigenvalue weighted by Gasteiger charge is 2.52. The monoisotopic (exact) mass is 304 g/mol. The molecule has 22 heavy (non-hydrogen) atoms. The Labute approximate surface area is 132 Å². The van der Waals surface area contributed by atoms with Crippen molar-refractivity contribution < 1.29 is 9.53 Å². The van der Waals surface area contributed by atoms with Gasteiger partial charge < -0.3 is 10.1 Å². The summed E-state index contributed by atoms with van der Waals surface area (Å²) in [5.41, 5.74) is 0.0831. The highest BCUT2D eigenvalue weighted by atomic mass is 16.6. The third-order valence-corrected chi connectivity index (χ3v) is 7.26. The smallest absolute Gasteiger partial charge is 0.407 e. The van der Waals surface area contributed by atoms with Crippen LogP contribution in [0.25, 0.3) is 0 Å². The third kappa shape index (κ3) is 2.26. The molecule has 3 saturated heterocycles. The van der Waals surface area contributed by atoms with Crippen LogP contribution in [0.5, 0.6) is 0 Å². The fourth-order valence-electron chi connectivity index (χ4n) is 6.69. The van der Waals surface area contributed by atoms with E-state index in [0.717, 1.165) is 24.3 Å². The average molecular weight is 304 g/mol. The second kappa shape index (κ2) is 4.86. The molecule has 0 aromatic carbocycles. The molecule has 7 fully saturated rings. The first kappa shape index (κ1) is 13.6. The van der Waals surface area contributed by atoms with Crippen LogP contribution in [0.1, 0.15) is 51.4 Å². The summed E-state index contributed by atoms with van der Waals surface area (Å²) >= 11 is 0. The summed E-state index contributed by atoms with van der Waals surface area (Å²) in [5.74, 6) is 3.20. The molecule has 0 spiro atoms. The second-order valence-corrected chi connectivity index (χ2v) is 8.90. The molecule has 6 bridgehead atoms. The van der Waals surface area contributed by atoms with Crippen LogP contribution < -0.4 is 5.32 Å². The summed E-state index contributed by atoms with van der Waals surface area (Å²) in [6.45, 7) is 3.35. The summed E-state index contributed by atoms with van der Waals surface area (Å²) < 4.78 is 5.87. The lowest BCUT2D eigenvalue weighted by Crippen LogP contribution is -2.61. The molecule has 4 nitrogen and oxygen atoms in total. The Bertz CT molecular complexity index is 434. The number of carbonyl (C=O) groups excluding carboxylic acids is 1. The first-order valence-electron chi connectivity index (χ1n) is 9.39. The minimum atomic E-state index is -0.124. The number of fused-ring (bicyclic) bond motifs is 3. The number of amides is 1. The van der Waals surface area contributed by atoms with Crippen molar-refractivity contribution in [3.63, 3.8) is 0 Å². The summed E-state index contributed by atoms with van der Waals surface area (Å²) in [6.07, 6.45) is 10.3. The summed E-state index contributed by atoms with van der Waals surface area (Å²) in [5, 5.41) is 3.35. The van der Waals surface area contributed by atoms with Gasteiger partial charge in [-0.3, -0.25) is 4.90 Å². The number of hydrogen-bond donors (Lipinski definition) is 1. The van der Waals surface area contributed by atoms with E-state index in [-0.39, 0.29) is 17.7 Å². The van der Waals surface area contributed by atoms with Crippen LogP contribution in [0.2, 0.25) is 0 Å². The Morgan fingerprint density at radius 1 is 1.00 bits per heavy atom. The predicted octanol–water partition coefficient (Wildman–Crippen LogP) is 2.78. The minimum Gasteiger partial charge on any atom is -0.445 e. The molecule has 1 N–H and O–H groups in total. The maximum atomic E-state index is 12.5. The van der Waals surface area contributed by atoms with Gasteiger partial charge in [-0.1, -0.05) is 0 Å². The van der Waals surface area contributed by atoms with E-state index < -0.39 is 0 Å². The van der Waals surface area contributed by atoms with Gasteiger partial charge in [0, 0.05) is 12.1 Å². The Kier molecular flexibility index (Phi) is 3.02. The van der Waals surface area contributed by atoms with E-state index in [9.17, 15) is 4.79 Å². The first-order valence-corrected chi connectivity index (χ1v) is 9.39. The van der Waals surface area contributed by atoms with Crippen molar-refractivity contribution in [2.75, 3.05) is 19.6 Å². The molecule has 1 atom stereocenters. The minimum absolute atomic E-state index is 0.0831. The van der Waals surface area contributed by atoms with E-state index in [1.807, 2.05) is 0 Å². The van der Waals surface area contributed by atoms with Crippen molar-refractivity contribution in [2.45, 2.75) is 63.0 Å². The van der Waals surface area contributed by atoms with Gasteiger partial charge in [0.25, 0.3) is 0 Å². The largest absolute Gasteiger partial charge is 0.445 e. The fraction of sp³-hybridized carbons (Fsp3) is 0.944. The molecule has 3 heterocycles. The standard InChI is InChI=1S/C18H28N2O2/c21-17(22-16-11-20-3-1-15(16)2-4-20)19-18-8-12-5-13(9-18)7-14(6-12)10-18/h12-16H,1-11H2,(H,19,21)/t12?,13?,14?,16-,18?/m0/s1. The fourth-order valence-corrected chi connectivity index (χ4v) is 6.69. The van der Waals surface area contributed by atoms with Gasteiger partial charge in [0.1, 0.15) is 6.10 Å². The molecule has 122 valence electrons. The maximum absolute atomic E-state index is 12.5. The molecular formula is C18H28N2O2. The number of ether oxygens (including phenoxy) is 1. The van der Waals surface area contributed by atoms with Crippen LogP contribution in [0.4, 0.5) is 4.79 Å². The Morgan fingerprint density at radius 3 is 2.09 bits per heavy atom. The SMILES string of the molecule is O=C(NC12CC3CC(CC(C3)C1)C2)O[C@H]1CN2CCC1CC2. The van der Waals surface area contributed by atoms with Gasteiger partial charge in [0.2, 0.25) is 0 Å². The molecule has 4 aliphatic carbocycles. The van der Waals surface area contributed by atoms with Gasteiger partial charge >= 0.3 is 6.09 Å². The number of carbonyl (C=O) groups is 1. The summed E-state index contributed by atoms with van der Waals surface area (Å²) in [7, 11) is 0. The van der Waals surface area contributed by atoms with Crippen molar-refractivity contribution in [2.24, 2.45) is 23.7 Å². The molecule has 0 radical (unpaired) electrons. The number of nitrogens with one attached hydrogen (secondary N) is 1. The highest BCUT2D eigenvalue weighted by molar-refractivity contribution is 5.68. The molecular weight excluding hydrogens is 276 g/mol. The number of nitrogens with zero attached hydrogens (tertiary/aromatic N) is 1. The maximum Gasteiger partial charge on any atom is 0.407 e. The quantitative estimate of drug-likeness (QED) is 0.853. The van der Waals surface area contributed by atoms with Crippen LogP contribution in [0.15, 0.2) is 0 Å². The Hall–Kier alpha value is -0.770. The third-order valence-electron chi connectivity index (χ3n) is 7.26. The normalized spacial score (nSPS) is 51.8. The van der Waals surface area contributed by atoms with Gasteiger partial charge in [0.05, 0.1) is 0 Å². The Balaban J connectivity index is 1.23. The summed E-state index contributed by atoms with van der Waals surface area (Å²) in [6, 6.07) is 0. The van der Waals surface area contributed by atoms with Crippen molar-refractivity contribution in [1.29, 1.82) is 0 Å². The van der Waals surface area contributed by atoms with Gasteiger partial charge in [-0.05, 0) is 88.1 Å². The lowest BCUT2D eigenvalue weighted by atomic mass is 9.53. The van der Waals surface area contributed by atoms with Crippen LogP contribution in [-0.2, 0) is 4.74 Å². The van der Waals surface area contributed by atoms with E-state index in [0.29, 0.717) is 5.92 Å². The zero-order valence-corrected chi connectivity index (χ0v) is 13.4. The molecule has 0 aromatic rings. The van der Waals surface area contributed by atoms with Gasteiger partial charge in [0.15, 0.2) is 0 Å². The van der Waals surface area contributed by atoms with E-state index in [2.05, 4.69) is 10.2 Å². The van der Waals surface area contributed by atoms with Crippen LogP contribution in [0, 0.1) is 23.7 Å². The van der Waals surface area contributed by atoms with E-state index in [4.69, 9.17) is 4.74 Å². The molecule has 4 saturated carbocycles. The molecule has 0 unspecified atom stereocenters. The van der Waals surface area contributed by atoms with Crippen molar-refractivity contribution in [3.05, 3.63) is 0 Å². The van der Waals surface area contributed by atoms with Crippen LogP contribution in [0.3, 0.4) is 0 Å². The lowest BCUT2D eigenvalue weighted by Gasteiger charge is -2.56. The van der Waals surface area contributed by atoms with Crippen LogP contribution >= 0.6 is 0 Å². The zero-order valence-electron chi connectivity index (χ0n) is 13.4. The topological polar surface area (TPSA) is 41.6 Å². The van der Waals surface area contributed by atoms with E-state index >= 15 is 0 Å². The molecule has 0 aromatic heterocycles. The zero-order chi connectivity index (χ0) is 14.7. The number of piperidine rings is 3. The van der Waals surface area contributed by atoms with Crippen molar-refractivity contribution in [3.8, 4) is 0 Å². The lowest BCUT2D eigenvalue weighted by molar-refractivity contribution is -0.0493. The van der Waals surface area contributed by atoms with Gasteiger partial charge in [-0.15, -0.1) is 0 Å². The summed E-state index contributed by atoms with van der Waals surface area (Å²) in [4.78, 5) is 15.0. The first-order chi connectivity index (χ1) is 10.7. The molecule has 1 amide bonds. The van der Waals surface area contributed by atoms with Crippen molar-refractivity contribution >= 4 is 6.09 Å². The van der Waals surface area contributed by atoms with Crippen LogP contribution in [-0.4, -0.2) is 42.3 Å². The molecule has 3 aliphatic heterocycles. The van der Waals surface area contributed by atoms with Gasteiger partial charge in [-0.25, -0.2) is 4.79 Å². The number of rotatable bonds is 2. The number of alkyl carbamates (subject to hydrolysis) is 1. The van der Waals surface area contributed by atoms with E-state index in [1.165, 1.54) is 64.5 Å². The highest BCUT2D eigenvalue weighted by Crippen LogP contribution is 2.55. The molecule has 7 rings (SSSR count). The van der Waals surface area contributed by atoms with E-state index in [1.54, 1.807) is 0 Å². The average Bonchev–Trinajstić information content (AvgIpc) is 2.46. The van der Waals surface area contributed by atoms with Gasteiger partial charge in [-0.2, -0.15) is 0 Å². The second-order valence-electron chi connectivity index (χ2n) is 8.90. The molecule has 4 heteroatoms. The number of hydrogen-bond acceptors (Lipinski definition) is 3. The predicted molar refractivity (Wildman–Crippen MR) is 83.5 cm³/mol.